The van der Waals surface area contributed by atoms with Gasteiger partial charge in [0, 0.05) is 0 Å². The lowest BCUT2D eigenvalue weighted by Gasteiger charge is -2.31. The third-order valence-electron chi connectivity index (χ3n) is 1.87. The van der Waals surface area contributed by atoms with Gasteiger partial charge in [-0.15, -0.1) is 33.2 Å². The molecule has 0 aromatic carbocycles. The molecular weight excluding hydrogens is 359 g/mol. The molecule has 0 aromatic rings. The first-order valence-electron chi connectivity index (χ1n) is 6.21. The van der Waals surface area contributed by atoms with E-state index in [0.29, 0.717) is 0 Å². The maximum Gasteiger partial charge on any atom is 0.341 e. The number of halogens is 3. The number of hydrogen-bond donors (Lipinski definition) is 0. The molecular formula is C9H25Cl3O2Si4. The second kappa shape index (κ2) is 7.60. The Morgan fingerprint density at radius 2 is 1.28 bits per heavy atom. The van der Waals surface area contributed by atoms with Crippen molar-refractivity contribution in [2.75, 3.05) is 0 Å². The van der Waals surface area contributed by atoms with Gasteiger partial charge in [0.2, 0.25) is 0 Å². The Kier molecular flexibility index (Phi) is 8.31. The monoisotopic (exact) mass is 382 g/mol. The fourth-order valence-corrected chi connectivity index (χ4v) is 13.5. The predicted octanol–water partition coefficient (Wildman–Crippen LogP) is 4.22. The van der Waals surface area contributed by atoms with Crippen LogP contribution in [0.2, 0.25) is 51.4 Å². The van der Waals surface area contributed by atoms with Gasteiger partial charge in [0.05, 0.1) is 9.52 Å². The summed E-state index contributed by atoms with van der Waals surface area (Å²) in [5.74, 6) is 0.00434. The lowest BCUT2D eigenvalue weighted by Crippen LogP contribution is -2.43. The molecule has 0 atom stereocenters. The van der Waals surface area contributed by atoms with Crippen LogP contribution >= 0.6 is 33.2 Å². The van der Waals surface area contributed by atoms with Crippen LogP contribution in [0.5, 0.6) is 0 Å². The van der Waals surface area contributed by atoms with Crippen molar-refractivity contribution >= 4 is 65.4 Å². The van der Waals surface area contributed by atoms with Gasteiger partial charge in [-0.05, 0) is 45.3 Å². The van der Waals surface area contributed by atoms with E-state index in [9.17, 15) is 0 Å². The Labute approximate surface area is 131 Å². The van der Waals surface area contributed by atoms with Crippen LogP contribution < -0.4 is 0 Å². The molecule has 2 nitrogen and oxygen atoms in total. The smallest absolute Gasteiger partial charge is 0.341 e. The van der Waals surface area contributed by atoms with E-state index in [-0.39, 0.29) is 5.91 Å². The van der Waals surface area contributed by atoms with Crippen molar-refractivity contribution in [3.05, 3.63) is 0 Å². The van der Waals surface area contributed by atoms with Crippen molar-refractivity contribution in [3.8, 4) is 0 Å². The van der Waals surface area contributed by atoms with Gasteiger partial charge in [0.15, 0.2) is 16.6 Å². The summed E-state index contributed by atoms with van der Waals surface area (Å²) in [5, 5.41) is 0. The predicted molar refractivity (Wildman–Crippen MR) is 94.1 cm³/mol. The van der Waals surface area contributed by atoms with Crippen molar-refractivity contribution < 1.29 is 8.85 Å². The molecule has 0 heterocycles. The quantitative estimate of drug-likeness (QED) is 0.355. The standard InChI is InChI=1S/C9H25Cl3O2Si4/c1-16(2,3)13-9(14-17(4,5)6)15-7-8-18(10,11)12/h9H,7-8,15H2,1-6H3. The highest BCUT2D eigenvalue weighted by Crippen LogP contribution is 2.27. The normalized spacial score (nSPS) is 15.0. The van der Waals surface area contributed by atoms with Gasteiger partial charge in [-0.2, -0.15) is 0 Å². The Morgan fingerprint density at radius 3 is 1.56 bits per heavy atom. The maximum absolute atomic E-state index is 6.13. The molecule has 0 fully saturated rings. The zero-order valence-corrected chi connectivity index (χ0v) is 18.8. The van der Waals surface area contributed by atoms with Gasteiger partial charge in [0.25, 0.3) is 0 Å². The van der Waals surface area contributed by atoms with E-state index < -0.39 is 32.2 Å². The molecule has 0 spiro atoms. The van der Waals surface area contributed by atoms with Crippen molar-refractivity contribution in [3.63, 3.8) is 0 Å². The maximum atomic E-state index is 6.13. The molecule has 0 bridgehead atoms. The molecule has 0 saturated heterocycles. The van der Waals surface area contributed by atoms with Crippen molar-refractivity contribution in [1.29, 1.82) is 0 Å². The fourth-order valence-electron chi connectivity index (χ4n) is 1.40. The van der Waals surface area contributed by atoms with Gasteiger partial charge < -0.3 is 8.85 Å². The molecule has 0 unspecified atom stereocenters. The van der Waals surface area contributed by atoms with Crippen molar-refractivity contribution in [1.82, 2.24) is 0 Å². The van der Waals surface area contributed by atoms with Crippen LogP contribution in [0.25, 0.3) is 0 Å². The topological polar surface area (TPSA) is 18.5 Å². The molecule has 18 heavy (non-hydrogen) atoms. The molecule has 0 N–H and O–H groups in total. The van der Waals surface area contributed by atoms with E-state index in [4.69, 9.17) is 42.1 Å². The van der Waals surface area contributed by atoms with Crippen LogP contribution in [-0.4, -0.2) is 38.1 Å². The van der Waals surface area contributed by atoms with Gasteiger partial charge in [-0.25, -0.2) is 0 Å². The summed E-state index contributed by atoms with van der Waals surface area (Å²) in [6.07, 6.45) is 0. The average Bonchev–Trinajstić information content (AvgIpc) is 1.93. The van der Waals surface area contributed by atoms with E-state index in [1.807, 2.05) is 0 Å². The Hall–Kier alpha value is 1.66. The zero-order valence-electron chi connectivity index (χ0n) is 12.1. The molecule has 0 saturated carbocycles. The first-order valence-corrected chi connectivity index (χ1v) is 20.1. The largest absolute Gasteiger partial charge is 0.398 e. The molecule has 0 amide bonds. The van der Waals surface area contributed by atoms with E-state index in [1.54, 1.807) is 0 Å². The Bertz CT molecular complexity index is 232. The molecule has 0 aliphatic carbocycles. The third kappa shape index (κ3) is 14.1. The van der Waals surface area contributed by atoms with E-state index in [1.165, 1.54) is 0 Å². The van der Waals surface area contributed by atoms with Gasteiger partial charge in [-0.1, -0.05) is 6.04 Å². The minimum absolute atomic E-state index is 0.00434. The Balaban J connectivity index is 4.31. The molecule has 9 heteroatoms. The van der Waals surface area contributed by atoms with Crippen LogP contribution in [-0.2, 0) is 8.85 Å². The van der Waals surface area contributed by atoms with Gasteiger partial charge in [0.1, 0.15) is 5.91 Å². The van der Waals surface area contributed by atoms with E-state index >= 15 is 0 Å². The van der Waals surface area contributed by atoms with Crippen LogP contribution in [0, 0.1) is 0 Å². The number of hydrogen-bond acceptors (Lipinski definition) is 2. The highest BCUT2D eigenvalue weighted by Gasteiger charge is 2.29. The summed E-state index contributed by atoms with van der Waals surface area (Å²) < 4.78 is 12.3. The number of rotatable bonds is 8. The second-order valence-corrected chi connectivity index (χ2v) is 26.5. The Morgan fingerprint density at radius 1 is 0.889 bits per heavy atom. The summed E-state index contributed by atoms with van der Waals surface area (Å²) in [6, 6.07) is -0.763. The first kappa shape index (κ1) is 19.7. The summed E-state index contributed by atoms with van der Waals surface area (Å²) in [4.78, 5) is 0. The SMILES string of the molecule is C[Si](C)(C)OC(O[Si](C)(C)C)[SiH2]CC[Si](Cl)(Cl)Cl. The van der Waals surface area contributed by atoms with E-state index in [2.05, 4.69) is 39.3 Å². The van der Waals surface area contributed by atoms with Crippen LogP contribution in [0.1, 0.15) is 0 Å². The first-order chi connectivity index (χ1) is 7.79. The lowest BCUT2D eigenvalue weighted by molar-refractivity contribution is 0.0606. The zero-order chi connectivity index (χ0) is 14.6. The fraction of sp³-hybridized carbons (Fsp3) is 1.00. The lowest BCUT2D eigenvalue weighted by atomic mass is 10.9. The summed E-state index contributed by atoms with van der Waals surface area (Å²) in [7, 11) is -3.65. The van der Waals surface area contributed by atoms with Gasteiger partial charge >= 0.3 is 6.00 Å². The van der Waals surface area contributed by atoms with Crippen molar-refractivity contribution in [2.24, 2.45) is 0 Å². The summed E-state index contributed by atoms with van der Waals surface area (Å²) in [5.41, 5.74) is 0. The molecule has 110 valence electrons. The molecule has 0 rings (SSSR count). The highest BCUT2D eigenvalue weighted by molar-refractivity contribution is 7.64. The minimum Gasteiger partial charge on any atom is -0.398 e. The van der Waals surface area contributed by atoms with Crippen molar-refractivity contribution in [2.45, 2.75) is 57.3 Å². The second-order valence-electron chi connectivity index (χ2n) is 6.40. The van der Waals surface area contributed by atoms with Crippen LogP contribution in [0.15, 0.2) is 0 Å². The molecule has 0 aliphatic rings. The molecule has 0 aliphatic heterocycles. The summed E-state index contributed by atoms with van der Waals surface area (Å²) >= 11 is 17.7. The van der Waals surface area contributed by atoms with Gasteiger partial charge in [-0.3, -0.25) is 0 Å². The van der Waals surface area contributed by atoms with Crippen LogP contribution in [0.4, 0.5) is 0 Å². The minimum atomic E-state index is -2.48. The molecule has 0 aromatic heterocycles. The van der Waals surface area contributed by atoms with E-state index in [0.717, 1.165) is 12.1 Å². The summed E-state index contributed by atoms with van der Waals surface area (Å²) in [6.45, 7) is 13.1. The van der Waals surface area contributed by atoms with Crippen LogP contribution in [0.3, 0.4) is 0 Å². The highest BCUT2D eigenvalue weighted by atomic mass is 35.8. The molecule has 0 radical (unpaired) electrons. The average molecular weight is 384 g/mol. The third-order valence-corrected chi connectivity index (χ3v) is 9.37.